The van der Waals surface area contributed by atoms with E-state index in [2.05, 4.69) is 16.8 Å². The van der Waals surface area contributed by atoms with E-state index in [1.165, 1.54) is 0 Å². The van der Waals surface area contributed by atoms with E-state index in [-0.39, 0.29) is 6.10 Å². The summed E-state index contributed by atoms with van der Waals surface area (Å²) in [7, 11) is 2.11. The first kappa shape index (κ1) is 14.2. The van der Waals surface area contributed by atoms with Crippen LogP contribution in [0.3, 0.4) is 0 Å². The third-order valence-corrected chi connectivity index (χ3v) is 3.79. The molecule has 0 spiro atoms. The standard InChI is InChI=1S/C13H25N2O3/c1-14-5-2-12(3-6-14)18-13(16)4-7-15-8-10-17-11-9-15/h12-13H,2-11H2,1H3. The van der Waals surface area contributed by atoms with E-state index in [1.54, 1.807) is 0 Å². The van der Waals surface area contributed by atoms with Gasteiger partial charge in [0, 0.05) is 39.1 Å². The van der Waals surface area contributed by atoms with Crippen molar-refractivity contribution in [2.45, 2.75) is 31.7 Å². The summed E-state index contributed by atoms with van der Waals surface area (Å²) in [6.07, 6.45) is 1.89. The zero-order chi connectivity index (χ0) is 12.8. The number of morpholine rings is 1. The maximum absolute atomic E-state index is 11.8. The lowest BCUT2D eigenvalue weighted by atomic mass is 10.1. The highest BCUT2D eigenvalue weighted by molar-refractivity contribution is 4.70. The lowest BCUT2D eigenvalue weighted by Gasteiger charge is -2.31. The molecule has 2 heterocycles. The summed E-state index contributed by atoms with van der Waals surface area (Å²) in [5.74, 6) is 0. The van der Waals surface area contributed by atoms with Gasteiger partial charge in [-0.2, -0.15) is 0 Å². The van der Waals surface area contributed by atoms with E-state index in [0.717, 1.165) is 58.8 Å². The molecule has 0 N–H and O–H groups in total. The Kier molecular flexibility index (Phi) is 5.85. The van der Waals surface area contributed by atoms with Gasteiger partial charge < -0.3 is 14.4 Å². The molecule has 0 amide bonds. The minimum Gasteiger partial charge on any atom is -0.379 e. The van der Waals surface area contributed by atoms with Gasteiger partial charge in [-0.3, -0.25) is 4.90 Å². The average molecular weight is 257 g/mol. The van der Waals surface area contributed by atoms with Gasteiger partial charge in [0.15, 0.2) is 6.29 Å². The van der Waals surface area contributed by atoms with Crippen LogP contribution in [0.2, 0.25) is 0 Å². The van der Waals surface area contributed by atoms with Gasteiger partial charge in [-0.25, -0.2) is 5.11 Å². The van der Waals surface area contributed by atoms with Crippen LogP contribution in [-0.4, -0.2) is 75.2 Å². The Morgan fingerprint density at radius 3 is 2.56 bits per heavy atom. The van der Waals surface area contributed by atoms with Crippen LogP contribution in [-0.2, 0) is 14.6 Å². The first-order valence-corrected chi connectivity index (χ1v) is 7.04. The Morgan fingerprint density at radius 1 is 1.22 bits per heavy atom. The normalized spacial score (nSPS) is 26.3. The van der Waals surface area contributed by atoms with Crippen LogP contribution in [0.4, 0.5) is 0 Å². The average Bonchev–Trinajstić information content (AvgIpc) is 2.40. The zero-order valence-electron chi connectivity index (χ0n) is 11.3. The number of nitrogens with zero attached hydrogens (tertiary/aromatic N) is 2. The second-order valence-electron chi connectivity index (χ2n) is 5.31. The lowest BCUT2D eigenvalue weighted by Crippen LogP contribution is -2.39. The van der Waals surface area contributed by atoms with Crippen molar-refractivity contribution in [3.05, 3.63) is 0 Å². The third kappa shape index (κ3) is 4.82. The number of rotatable bonds is 5. The van der Waals surface area contributed by atoms with Crippen molar-refractivity contribution in [3.8, 4) is 0 Å². The molecule has 105 valence electrons. The topological polar surface area (TPSA) is 44.8 Å². The van der Waals surface area contributed by atoms with Crippen molar-refractivity contribution in [1.82, 2.24) is 9.80 Å². The van der Waals surface area contributed by atoms with E-state index in [0.29, 0.717) is 6.42 Å². The Balaban J connectivity index is 1.58. The summed E-state index contributed by atoms with van der Waals surface area (Å²) in [6.45, 7) is 6.40. The molecular formula is C13H25N2O3. The van der Waals surface area contributed by atoms with Crippen LogP contribution in [0.25, 0.3) is 0 Å². The molecule has 0 aromatic carbocycles. The second kappa shape index (κ2) is 7.40. The van der Waals surface area contributed by atoms with Crippen LogP contribution in [0, 0.1) is 0 Å². The molecule has 1 unspecified atom stereocenters. The Hall–Kier alpha value is -0.200. The summed E-state index contributed by atoms with van der Waals surface area (Å²) in [4.78, 5) is 4.57. The predicted octanol–water partition coefficient (Wildman–Crippen LogP) is 0.576. The zero-order valence-corrected chi connectivity index (χ0v) is 11.3. The van der Waals surface area contributed by atoms with Crippen molar-refractivity contribution < 1.29 is 14.6 Å². The molecule has 5 heteroatoms. The van der Waals surface area contributed by atoms with Gasteiger partial charge >= 0.3 is 0 Å². The molecule has 1 radical (unpaired) electrons. The predicted molar refractivity (Wildman–Crippen MR) is 68.0 cm³/mol. The molecule has 2 aliphatic heterocycles. The minimum atomic E-state index is -0.860. The highest BCUT2D eigenvalue weighted by atomic mass is 16.6. The second-order valence-corrected chi connectivity index (χ2v) is 5.31. The Bertz CT molecular complexity index is 226. The number of likely N-dealkylation sites (tertiary alicyclic amines) is 1. The highest BCUT2D eigenvalue weighted by Gasteiger charge is 2.21. The quantitative estimate of drug-likeness (QED) is 0.676. The maximum Gasteiger partial charge on any atom is 0.192 e. The van der Waals surface area contributed by atoms with Gasteiger partial charge in [0.25, 0.3) is 0 Å². The molecule has 0 aliphatic carbocycles. The van der Waals surface area contributed by atoms with E-state index >= 15 is 0 Å². The molecule has 0 bridgehead atoms. The van der Waals surface area contributed by atoms with E-state index in [1.807, 2.05) is 0 Å². The molecule has 2 fully saturated rings. The smallest absolute Gasteiger partial charge is 0.192 e. The molecule has 0 aromatic rings. The summed E-state index contributed by atoms with van der Waals surface area (Å²) in [6, 6.07) is 0. The van der Waals surface area contributed by atoms with Crippen LogP contribution >= 0.6 is 0 Å². The first-order valence-electron chi connectivity index (χ1n) is 7.04. The van der Waals surface area contributed by atoms with Gasteiger partial charge in [0.1, 0.15) is 0 Å². The summed E-state index contributed by atoms with van der Waals surface area (Å²) < 4.78 is 10.9. The minimum absolute atomic E-state index is 0.174. The van der Waals surface area contributed by atoms with Crippen molar-refractivity contribution in [2.24, 2.45) is 0 Å². The molecule has 1 atom stereocenters. The van der Waals surface area contributed by atoms with E-state index < -0.39 is 6.29 Å². The van der Waals surface area contributed by atoms with E-state index in [9.17, 15) is 5.11 Å². The monoisotopic (exact) mass is 257 g/mol. The number of hydrogen-bond donors (Lipinski definition) is 0. The van der Waals surface area contributed by atoms with Crippen LogP contribution < -0.4 is 0 Å². The lowest BCUT2D eigenvalue weighted by molar-refractivity contribution is -0.183. The summed E-state index contributed by atoms with van der Waals surface area (Å²) >= 11 is 0. The Labute approximate surface area is 110 Å². The van der Waals surface area contributed by atoms with Crippen LogP contribution in [0.5, 0.6) is 0 Å². The third-order valence-electron chi connectivity index (χ3n) is 3.79. The largest absolute Gasteiger partial charge is 0.379 e. The van der Waals surface area contributed by atoms with Crippen molar-refractivity contribution in [3.63, 3.8) is 0 Å². The van der Waals surface area contributed by atoms with Gasteiger partial charge in [-0.15, -0.1) is 0 Å². The molecule has 18 heavy (non-hydrogen) atoms. The Morgan fingerprint density at radius 2 is 1.89 bits per heavy atom. The van der Waals surface area contributed by atoms with Gasteiger partial charge in [-0.1, -0.05) is 0 Å². The van der Waals surface area contributed by atoms with Crippen molar-refractivity contribution in [1.29, 1.82) is 0 Å². The van der Waals surface area contributed by atoms with Gasteiger partial charge in [0.2, 0.25) is 0 Å². The van der Waals surface area contributed by atoms with Crippen molar-refractivity contribution >= 4 is 0 Å². The van der Waals surface area contributed by atoms with Gasteiger partial charge in [0.05, 0.1) is 19.3 Å². The van der Waals surface area contributed by atoms with E-state index in [4.69, 9.17) is 9.47 Å². The van der Waals surface area contributed by atoms with Crippen molar-refractivity contribution in [2.75, 3.05) is 53.0 Å². The molecular weight excluding hydrogens is 232 g/mol. The van der Waals surface area contributed by atoms with Crippen LogP contribution in [0.1, 0.15) is 19.3 Å². The summed E-state index contributed by atoms with van der Waals surface area (Å²) in [5.41, 5.74) is 0. The number of hydrogen-bond acceptors (Lipinski definition) is 4. The maximum atomic E-state index is 11.8. The van der Waals surface area contributed by atoms with Crippen LogP contribution in [0.15, 0.2) is 0 Å². The van der Waals surface area contributed by atoms with Gasteiger partial charge in [-0.05, 0) is 19.9 Å². The first-order chi connectivity index (χ1) is 8.74. The molecule has 2 rings (SSSR count). The fourth-order valence-electron chi connectivity index (χ4n) is 2.52. The fraction of sp³-hybridized carbons (Fsp3) is 1.00. The summed E-state index contributed by atoms with van der Waals surface area (Å²) in [5, 5.41) is 11.8. The number of piperidine rings is 1. The fourth-order valence-corrected chi connectivity index (χ4v) is 2.52. The molecule has 2 saturated heterocycles. The highest BCUT2D eigenvalue weighted by Crippen LogP contribution is 2.15. The SMILES string of the molecule is CN1CCC(OC([O])CCN2CCOCC2)CC1. The molecule has 5 nitrogen and oxygen atoms in total. The number of ether oxygens (including phenoxy) is 2. The molecule has 0 saturated carbocycles. The molecule has 0 aromatic heterocycles. The molecule has 2 aliphatic rings.